The molecule has 0 aromatic heterocycles. The van der Waals surface area contributed by atoms with Crippen molar-refractivity contribution in [1.82, 2.24) is 4.90 Å². The molecule has 0 aliphatic carbocycles. The minimum Gasteiger partial charge on any atom is -0.465 e. The zero-order valence-electron chi connectivity index (χ0n) is 11.7. The number of carboxylic acid groups (broad SMARTS) is 1. The van der Waals surface area contributed by atoms with Gasteiger partial charge in [0.2, 0.25) is 0 Å². The molecule has 0 aromatic carbocycles. The molecule has 1 fully saturated rings. The fourth-order valence-corrected chi connectivity index (χ4v) is 2.07. The van der Waals surface area contributed by atoms with Gasteiger partial charge in [0.25, 0.3) is 0 Å². The molecule has 0 saturated carbocycles. The van der Waals surface area contributed by atoms with Crippen molar-refractivity contribution in [3.63, 3.8) is 0 Å². The Kier molecular flexibility index (Phi) is 5.41. The first-order valence-corrected chi connectivity index (χ1v) is 6.25. The third-order valence-electron chi connectivity index (χ3n) is 4.07. The zero-order chi connectivity index (χ0) is 13.6. The summed E-state index contributed by atoms with van der Waals surface area (Å²) < 4.78 is 11.9. The molecule has 1 amide bonds. The molecule has 5 nitrogen and oxygen atoms in total. The molecule has 0 atom stereocenters. The third kappa shape index (κ3) is 3.48. The van der Waals surface area contributed by atoms with E-state index >= 15 is 0 Å². The van der Waals surface area contributed by atoms with E-state index in [1.165, 1.54) is 4.90 Å². The van der Waals surface area contributed by atoms with Crippen LogP contribution in [0.2, 0.25) is 0 Å². The van der Waals surface area contributed by atoms with Crippen LogP contribution in [0.4, 0.5) is 4.79 Å². The van der Waals surface area contributed by atoms with E-state index in [0.717, 1.165) is 5.47 Å². The molecule has 2 rings (SSSR count). The van der Waals surface area contributed by atoms with Crippen molar-refractivity contribution >= 4 is 13.2 Å². The van der Waals surface area contributed by atoms with Gasteiger partial charge in [0.1, 0.15) is 0 Å². The van der Waals surface area contributed by atoms with Gasteiger partial charge in [0, 0.05) is 50.8 Å². The Balaban J connectivity index is 0.00000180. The summed E-state index contributed by atoms with van der Waals surface area (Å²) in [6.45, 7) is 8.97. The average Bonchev–Trinajstić information content (AvgIpc) is 2.48. The quantitative estimate of drug-likeness (QED) is 0.750. The first-order valence-electron chi connectivity index (χ1n) is 6.25. The molecule has 0 aromatic rings. The van der Waals surface area contributed by atoms with Crippen LogP contribution in [0.15, 0.2) is 11.5 Å². The number of nitrogens with zero attached hydrogens (tertiary/aromatic N) is 1. The Labute approximate surface area is 144 Å². The Hall–Kier alpha value is 0.255. The normalized spacial score (nSPS) is 24.7. The van der Waals surface area contributed by atoms with E-state index in [2.05, 4.69) is 0 Å². The second-order valence-electron chi connectivity index (χ2n) is 5.85. The molecule has 7 heteroatoms. The Morgan fingerprint density at radius 2 is 1.84 bits per heavy atom. The molecule has 2 heterocycles. The summed E-state index contributed by atoms with van der Waals surface area (Å²) in [5.41, 5.74) is 0.358. The number of hydrogen-bond donors (Lipinski definition) is 1. The summed E-state index contributed by atoms with van der Waals surface area (Å²) in [6, 6.07) is 0. The molecule has 0 radical (unpaired) electrons. The van der Waals surface area contributed by atoms with Gasteiger partial charge in [-0.15, -0.1) is 0 Å². The van der Waals surface area contributed by atoms with Crippen LogP contribution in [0, 0.1) is 37.7 Å². The fraction of sp³-hybridized carbons (Fsp3) is 0.750. The minimum atomic E-state index is -0.876. The second-order valence-corrected chi connectivity index (χ2v) is 5.85. The van der Waals surface area contributed by atoms with Crippen molar-refractivity contribution in [2.45, 2.75) is 45.3 Å². The van der Waals surface area contributed by atoms with Crippen LogP contribution >= 0.6 is 0 Å². The molecule has 2 aliphatic heterocycles. The Morgan fingerprint density at radius 1 is 1.32 bits per heavy atom. The maximum atomic E-state index is 10.8. The van der Waals surface area contributed by atoms with Crippen LogP contribution in [-0.2, 0) is 9.31 Å². The molecule has 1 N–H and O–H groups in total. The average molecular weight is 293 g/mol. The molecular formula is C12H20ArBNO4. The molecular weight excluding hydrogens is 273 g/mol. The van der Waals surface area contributed by atoms with Gasteiger partial charge in [-0.2, -0.15) is 0 Å². The van der Waals surface area contributed by atoms with Crippen LogP contribution in [-0.4, -0.2) is 47.5 Å². The van der Waals surface area contributed by atoms with Crippen molar-refractivity contribution in [2.24, 2.45) is 0 Å². The van der Waals surface area contributed by atoms with Crippen molar-refractivity contribution in [3.8, 4) is 0 Å². The van der Waals surface area contributed by atoms with E-state index in [1.807, 2.05) is 33.8 Å². The van der Waals surface area contributed by atoms with Crippen LogP contribution in [0.5, 0.6) is 0 Å². The van der Waals surface area contributed by atoms with E-state index in [1.54, 1.807) is 0 Å². The number of hydrogen-bond acceptors (Lipinski definition) is 3. The summed E-state index contributed by atoms with van der Waals surface area (Å²) >= 11 is 0. The smallest absolute Gasteiger partial charge is 0.465 e. The predicted molar refractivity (Wildman–Crippen MR) is 68.4 cm³/mol. The van der Waals surface area contributed by atoms with Crippen molar-refractivity contribution in [2.75, 3.05) is 13.1 Å². The van der Waals surface area contributed by atoms with Crippen LogP contribution in [0.25, 0.3) is 0 Å². The van der Waals surface area contributed by atoms with E-state index < -0.39 is 6.09 Å². The number of carbonyl (C=O) groups is 1. The van der Waals surface area contributed by atoms with Crippen LogP contribution in [0.3, 0.4) is 0 Å². The van der Waals surface area contributed by atoms with E-state index in [4.69, 9.17) is 14.4 Å². The van der Waals surface area contributed by atoms with E-state index in [-0.39, 0.29) is 56.1 Å². The second kappa shape index (κ2) is 5.94. The number of rotatable bonds is 1. The van der Waals surface area contributed by atoms with Gasteiger partial charge < -0.3 is 19.3 Å². The van der Waals surface area contributed by atoms with Crippen LogP contribution < -0.4 is 0 Å². The van der Waals surface area contributed by atoms with Gasteiger partial charge in [-0.25, -0.2) is 4.79 Å². The van der Waals surface area contributed by atoms with Gasteiger partial charge in [0.05, 0.1) is 11.2 Å². The van der Waals surface area contributed by atoms with Gasteiger partial charge in [-0.1, -0.05) is 6.08 Å². The Morgan fingerprint density at radius 3 is 2.21 bits per heavy atom. The molecule has 1 saturated heterocycles. The minimum absolute atomic E-state index is 0. The Bertz CT molecular complexity index is 381. The van der Waals surface area contributed by atoms with E-state index in [9.17, 15) is 4.79 Å². The molecule has 0 bridgehead atoms. The summed E-state index contributed by atoms with van der Waals surface area (Å²) in [5, 5.41) is 8.89. The summed E-state index contributed by atoms with van der Waals surface area (Å²) in [5.74, 6) is 0. The van der Waals surface area contributed by atoms with Gasteiger partial charge in [-0.05, 0) is 39.6 Å². The van der Waals surface area contributed by atoms with Gasteiger partial charge >= 0.3 is 13.2 Å². The van der Waals surface area contributed by atoms with Crippen molar-refractivity contribution < 1.29 is 56.9 Å². The monoisotopic (exact) mass is 293 g/mol. The zero-order valence-corrected chi connectivity index (χ0v) is 12.5. The first kappa shape index (κ1) is 17.3. The van der Waals surface area contributed by atoms with Gasteiger partial charge in [-0.3, -0.25) is 0 Å². The predicted octanol–water partition coefficient (Wildman–Crippen LogP) is 1.93. The molecule has 0 spiro atoms. The molecule has 2 aliphatic rings. The van der Waals surface area contributed by atoms with Crippen molar-refractivity contribution in [1.29, 1.82) is 0 Å². The van der Waals surface area contributed by atoms with Gasteiger partial charge in [0.15, 0.2) is 0 Å². The number of amides is 1. The van der Waals surface area contributed by atoms with Crippen molar-refractivity contribution in [3.05, 3.63) is 11.5 Å². The summed E-state index contributed by atoms with van der Waals surface area (Å²) in [6.07, 6.45) is 1.70. The van der Waals surface area contributed by atoms with Crippen LogP contribution in [0.1, 0.15) is 34.1 Å². The molecule has 108 valence electrons. The maximum Gasteiger partial charge on any atom is 0.490 e. The maximum absolute atomic E-state index is 10.8. The topological polar surface area (TPSA) is 59.0 Å². The SMILES string of the molecule is CC1(C)OB(C2=CCN(C(=O)O)CC2)OC1(C)C.[Ar]. The standard InChI is InChI=1S/C12H20BNO4.Ar/c1-11(2)12(3,4)18-13(17-11)9-5-7-14(8-6-9)10(15)16;/h5H,6-8H2,1-4H3,(H,15,16);. The summed E-state index contributed by atoms with van der Waals surface area (Å²) in [4.78, 5) is 12.2. The molecule has 19 heavy (non-hydrogen) atoms. The molecule has 0 unspecified atom stereocenters. The summed E-state index contributed by atoms with van der Waals surface area (Å²) in [7, 11) is -0.342. The largest absolute Gasteiger partial charge is 0.490 e. The van der Waals surface area contributed by atoms with E-state index in [0.29, 0.717) is 19.5 Å². The fourth-order valence-electron chi connectivity index (χ4n) is 2.07. The third-order valence-corrected chi connectivity index (χ3v) is 4.07. The first-order chi connectivity index (χ1) is 8.23.